The summed E-state index contributed by atoms with van der Waals surface area (Å²) >= 11 is 0. The SMILES string of the molecule is C[C@@H]1CN(c2ccc(Oc3ccccc3)cc2)c2nc3c(c(=O)n(Cc4ccccc4F)c(=O)n3C)n2C1. The molecular weight excluding hydrogens is 485 g/mol. The third-order valence-corrected chi connectivity index (χ3v) is 6.86. The number of aromatic nitrogens is 4. The number of imidazole rings is 1. The molecule has 8 nitrogen and oxygen atoms in total. The Morgan fingerprint density at radius 3 is 2.34 bits per heavy atom. The molecule has 5 aromatic rings. The lowest BCUT2D eigenvalue weighted by atomic mass is 10.1. The zero-order valence-electron chi connectivity index (χ0n) is 21.0. The summed E-state index contributed by atoms with van der Waals surface area (Å²) in [6.45, 7) is 3.22. The van der Waals surface area contributed by atoms with Crippen LogP contribution in [0.5, 0.6) is 11.5 Å². The van der Waals surface area contributed by atoms with Gasteiger partial charge in [-0.2, -0.15) is 4.98 Å². The maximum absolute atomic E-state index is 14.3. The van der Waals surface area contributed by atoms with E-state index in [-0.39, 0.29) is 18.0 Å². The molecule has 0 N–H and O–H groups in total. The number of anilines is 2. The van der Waals surface area contributed by atoms with Gasteiger partial charge in [-0.25, -0.2) is 9.18 Å². The summed E-state index contributed by atoms with van der Waals surface area (Å²) < 4.78 is 24.6. The number of nitrogens with zero attached hydrogens (tertiary/aromatic N) is 5. The maximum atomic E-state index is 14.3. The normalized spacial score (nSPS) is 15.0. The van der Waals surface area contributed by atoms with Crippen molar-refractivity contribution in [3.05, 3.63) is 111 Å². The van der Waals surface area contributed by atoms with Crippen LogP contribution in [0.2, 0.25) is 0 Å². The molecule has 0 fully saturated rings. The third kappa shape index (κ3) is 4.06. The summed E-state index contributed by atoms with van der Waals surface area (Å²) in [5, 5.41) is 0. The van der Waals surface area contributed by atoms with Gasteiger partial charge in [0.2, 0.25) is 5.95 Å². The number of hydrogen-bond acceptors (Lipinski definition) is 5. The Balaban J connectivity index is 1.42. The lowest BCUT2D eigenvalue weighted by Gasteiger charge is -2.33. The van der Waals surface area contributed by atoms with E-state index in [0.29, 0.717) is 36.0 Å². The molecule has 0 spiro atoms. The highest BCUT2D eigenvalue weighted by Gasteiger charge is 2.30. The number of hydrogen-bond donors (Lipinski definition) is 0. The Labute approximate surface area is 217 Å². The summed E-state index contributed by atoms with van der Waals surface area (Å²) in [7, 11) is 1.59. The van der Waals surface area contributed by atoms with Crippen molar-refractivity contribution in [1.82, 2.24) is 18.7 Å². The van der Waals surface area contributed by atoms with Gasteiger partial charge in [-0.05, 0) is 48.4 Å². The van der Waals surface area contributed by atoms with Crippen LogP contribution >= 0.6 is 0 Å². The Morgan fingerprint density at radius 2 is 1.61 bits per heavy atom. The van der Waals surface area contributed by atoms with E-state index in [9.17, 15) is 14.0 Å². The lowest BCUT2D eigenvalue weighted by molar-refractivity contribution is 0.457. The number of rotatable bonds is 5. The summed E-state index contributed by atoms with van der Waals surface area (Å²) in [5.41, 5.74) is 0.790. The van der Waals surface area contributed by atoms with Crippen molar-refractivity contribution >= 4 is 22.8 Å². The minimum absolute atomic E-state index is 0.156. The smallest absolute Gasteiger partial charge is 0.332 e. The number of ether oxygens (including phenoxy) is 1. The van der Waals surface area contributed by atoms with Crippen LogP contribution in [0, 0.1) is 11.7 Å². The fraction of sp³-hybridized carbons (Fsp3) is 0.207. The van der Waals surface area contributed by atoms with Crippen molar-refractivity contribution < 1.29 is 9.13 Å². The summed E-state index contributed by atoms with van der Waals surface area (Å²) in [4.78, 5) is 33.6. The van der Waals surface area contributed by atoms with Crippen molar-refractivity contribution in [3.63, 3.8) is 0 Å². The second kappa shape index (κ2) is 9.33. The van der Waals surface area contributed by atoms with Crippen molar-refractivity contribution in [2.45, 2.75) is 20.0 Å². The van der Waals surface area contributed by atoms with E-state index < -0.39 is 17.1 Å². The predicted octanol–water partition coefficient (Wildman–Crippen LogP) is 4.66. The molecule has 0 bridgehead atoms. The molecule has 3 aromatic carbocycles. The van der Waals surface area contributed by atoms with Crippen LogP contribution in [-0.2, 0) is 20.1 Å². The molecule has 1 aliphatic rings. The standard InChI is InChI=1S/C29H26FN5O3/c1-19-16-33(21-12-14-23(15-13-21)38-22-9-4-3-5-10-22)28-31-26-25(34(28)17-19)27(36)35(29(37)32(26)2)18-20-8-6-7-11-24(20)30/h3-15,19H,16-18H2,1-2H3/t19-/m1/s1. The average molecular weight is 512 g/mol. The Bertz CT molecular complexity index is 1760. The van der Waals surface area contributed by atoms with Gasteiger partial charge in [-0.1, -0.05) is 43.3 Å². The molecular formula is C29H26FN5O3. The van der Waals surface area contributed by atoms with Gasteiger partial charge >= 0.3 is 5.69 Å². The molecule has 1 atom stereocenters. The number of halogens is 1. The van der Waals surface area contributed by atoms with E-state index >= 15 is 0 Å². The van der Waals surface area contributed by atoms with Gasteiger partial charge in [0, 0.05) is 31.4 Å². The molecule has 38 heavy (non-hydrogen) atoms. The monoisotopic (exact) mass is 511 g/mol. The van der Waals surface area contributed by atoms with E-state index in [2.05, 4.69) is 6.92 Å². The zero-order chi connectivity index (χ0) is 26.4. The van der Waals surface area contributed by atoms with E-state index in [1.165, 1.54) is 10.6 Å². The number of aryl methyl sites for hydroxylation is 1. The Morgan fingerprint density at radius 1 is 0.921 bits per heavy atom. The minimum Gasteiger partial charge on any atom is -0.457 e. The molecule has 6 rings (SSSR count). The van der Waals surface area contributed by atoms with Gasteiger partial charge in [0.1, 0.15) is 17.3 Å². The predicted molar refractivity (Wildman–Crippen MR) is 144 cm³/mol. The molecule has 0 radical (unpaired) electrons. The van der Waals surface area contributed by atoms with Gasteiger partial charge < -0.3 is 14.2 Å². The Hall–Kier alpha value is -4.66. The molecule has 1 aliphatic heterocycles. The minimum atomic E-state index is -0.539. The average Bonchev–Trinajstić information content (AvgIpc) is 3.31. The first-order valence-electron chi connectivity index (χ1n) is 12.4. The van der Waals surface area contributed by atoms with Gasteiger partial charge in [0.25, 0.3) is 5.56 Å². The first kappa shape index (κ1) is 23.7. The van der Waals surface area contributed by atoms with Crippen LogP contribution in [0.3, 0.4) is 0 Å². The highest BCUT2D eigenvalue weighted by atomic mass is 19.1. The third-order valence-electron chi connectivity index (χ3n) is 6.86. The van der Waals surface area contributed by atoms with E-state index in [4.69, 9.17) is 9.72 Å². The Kier molecular flexibility index (Phi) is 5.83. The molecule has 9 heteroatoms. The number of para-hydroxylation sites is 1. The van der Waals surface area contributed by atoms with Crippen LogP contribution in [-0.4, -0.2) is 25.2 Å². The van der Waals surface area contributed by atoms with Crippen LogP contribution in [0.1, 0.15) is 12.5 Å². The van der Waals surface area contributed by atoms with E-state index in [0.717, 1.165) is 16.0 Å². The van der Waals surface area contributed by atoms with Gasteiger partial charge in [-0.3, -0.25) is 13.9 Å². The van der Waals surface area contributed by atoms with Crippen molar-refractivity contribution in [2.75, 3.05) is 11.4 Å². The number of fused-ring (bicyclic) bond motifs is 3. The highest BCUT2D eigenvalue weighted by molar-refractivity contribution is 5.77. The van der Waals surface area contributed by atoms with Gasteiger partial charge in [0.05, 0.1) is 6.54 Å². The van der Waals surface area contributed by atoms with Crippen molar-refractivity contribution in [3.8, 4) is 11.5 Å². The van der Waals surface area contributed by atoms with E-state index in [1.807, 2.05) is 64.1 Å². The fourth-order valence-corrected chi connectivity index (χ4v) is 4.98. The van der Waals surface area contributed by atoms with E-state index in [1.54, 1.807) is 25.2 Å². The first-order valence-corrected chi connectivity index (χ1v) is 12.4. The quantitative estimate of drug-likeness (QED) is 0.343. The molecule has 0 unspecified atom stereocenters. The second-order valence-electron chi connectivity index (χ2n) is 9.64. The number of benzene rings is 3. The molecule has 0 aliphatic carbocycles. The summed E-state index contributed by atoms with van der Waals surface area (Å²) in [5.74, 6) is 1.79. The van der Waals surface area contributed by atoms with Crippen molar-refractivity contribution in [1.29, 1.82) is 0 Å². The van der Waals surface area contributed by atoms with Crippen LogP contribution in [0.15, 0.2) is 88.5 Å². The van der Waals surface area contributed by atoms with Crippen LogP contribution in [0.4, 0.5) is 16.0 Å². The van der Waals surface area contributed by atoms with Gasteiger partial charge in [0.15, 0.2) is 11.2 Å². The lowest BCUT2D eigenvalue weighted by Crippen LogP contribution is -2.40. The largest absolute Gasteiger partial charge is 0.457 e. The molecule has 2 aromatic heterocycles. The summed E-state index contributed by atoms with van der Waals surface area (Å²) in [6, 6.07) is 23.4. The first-order chi connectivity index (χ1) is 18.4. The summed E-state index contributed by atoms with van der Waals surface area (Å²) in [6.07, 6.45) is 0. The zero-order valence-corrected chi connectivity index (χ0v) is 21.0. The molecule has 0 amide bonds. The topological polar surface area (TPSA) is 74.3 Å². The second-order valence-corrected chi connectivity index (χ2v) is 9.64. The fourth-order valence-electron chi connectivity index (χ4n) is 4.98. The van der Waals surface area contributed by atoms with Crippen molar-refractivity contribution in [2.24, 2.45) is 13.0 Å². The molecule has 3 heterocycles. The maximum Gasteiger partial charge on any atom is 0.332 e. The van der Waals surface area contributed by atoms with Crippen LogP contribution in [0.25, 0.3) is 11.2 Å². The van der Waals surface area contributed by atoms with Gasteiger partial charge in [-0.15, -0.1) is 0 Å². The molecule has 0 saturated heterocycles. The highest BCUT2D eigenvalue weighted by Crippen LogP contribution is 2.34. The molecule has 0 saturated carbocycles. The molecule has 192 valence electrons. The van der Waals surface area contributed by atoms with Crippen LogP contribution < -0.4 is 20.9 Å².